The maximum Gasteiger partial charge on any atom is 0.334 e. The SMILES string of the molecule is [N-]=[N+]=C1CCCCCCC(C2CCCCCCCC2)C1=O. The second-order valence-electron chi connectivity index (χ2n) is 6.93. The van der Waals surface area contributed by atoms with Crippen molar-refractivity contribution in [1.82, 2.24) is 0 Å². The van der Waals surface area contributed by atoms with E-state index >= 15 is 0 Å². The zero-order valence-electron chi connectivity index (χ0n) is 13.4. The molecule has 2 aliphatic rings. The van der Waals surface area contributed by atoms with Crippen molar-refractivity contribution in [3.63, 3.8) is 0 Å². The van der Waals surface area contributed by atoms with Gasteiger partial charge in [0.25, 0.3) is 0 Å². The number of hydrogen-bond acceptors (Lipinski definition) is 1. The van der Waals surface area contributed by atoms with Crippen molar-refractivity contribution in [2.45, 2.75) is 89.9 Å². The average Bonchev–Trinajstić information content (AvgIpc) is 2.68. The molecule has 2 rings (SSSR count). The number of carbonyl (C=O) groups is 1. The molecule has 0 aromatic carbocycles. The van der Waals surface area contributed by atoms with Crippen LogP contribution in [0.2, 0.25) is 0 Å². The van der Waals surface area contributed by atoms with Gasteiger partial charge in [0.05, 0.1) is 6.42 Å². The number of rotatable bonds is 1. The van der Waals surface area contributed by atoms with Gasteiger partial charge in [0.2, 0.25) is 5.78 Å². The molecule has 2 aliphatic carbocycles. The summed E-state index contributed by atoms with van der Waals surface area (Å²) in [5, 5.41) is 0. The van der Waals surface area contributed by atoms with E-state index < -0.39 is 0 Å². The summed E-state index contributed by atoms with van der Waals surface area (Å²) in [4.78, 5) is 16.1. The molecule has 0 radical (unpaired) electrons. The molecule has 21 heavy (non-hydrogen) atoms. The molecular weight excluding hydrogens is 260 g/mol. The summed E-state index contributed by atoms with van der Waals surface area (Å²) in [6.07, 6.45) is 16.4. The van der Waals surface area contributed by atoms with Gasteiger partial charge in [-0.15, -0.1) is 0 Å². The van der Waals surface area contributed by atoms with Crippen LogP contribution in [0.25, 0.3) is 5.53 Å². The molecular formula is C18H30N2O. The molecule has 0 N–H and O–H groups in total. The fourth-order valence-electron chi connectivity index (χ4n) is 4.09. The molecule has 1 atom stereocenters. The molecule has 3 heteroatoms. The molecule has 0 saturated heterocycles. The van der Waals surface area contributed by atoms with E-state index in [1.54, 1.807) is 0 Å². The smallest absolute Gasteiger partial charge is 0.334 e. The normalized spacial score (nSPS) is 27.5. The van der Waals surface area contributed by atoms with E-state index in [2.05, 4.69) is 4.79 Å². The van der Waals surface area contributed by atoms with Crippen molar-refractivity contribution in [2.75, 3.05) is 0 Å². The van der Waals surface area contributed by atoms with E-state index in [0.717, 1.165) is 25.7 Å². The largest absolute Gasteiger partial charge is 0.361 e. The summed E-state index contributed by atoms with van der Waals surface area (Å²) >= 11 is 0. The van der Waals surface area contributed by atoms with E-state index in [-0.39, 0.29) is 11.7 Å². The van der Waals surface area contributed by atoms with Gasteiger partial charge in [0.15, 0.2) is 0 Å². The van der Waals surface area contributed by atoms with Gasteiger partial charge < -0.3 is 5.53 Å². The lowest BCUT2D eigenvalue weighted by Gasteiger charge is -2.24. The maximum absolute atomic E-state index is 12.8. The monoisotopic (exact) mass is 290 g/mol. The Kier molecular flexibility index (Phi) is 7.15. The van der Waals surface area contributed by atoms with Crippen LogP contribution in [-0.4, -0.2) is 16.3 Å². The summed E-state index contributed by atoms with van der Waals surface area (Å²) in [7, 11) is 0. The number of hydrogen-bond donors (Lipinski definition) is 0. The van der Waals surface area contributed by atoms with E-state index in [1.807, 2.05) is 0 Å². The van der Waals surface area contributed by atoms with Crippen LogP contribution in [-0.2, 0) is 4.79 Å². The van der Waals surface area contributed by atoms with Gasteiger partial charge in [-0.2, -0.15) is 4.79 Å². The second-order valence-corrected chi connectivity index (χ2v) is 6.93. The van der Waals surface area contributed by atoms with Crippen molar-refractivity contribution in [2.24, 2.45) is 11.8 Å². The third-order valence-electron chi connectivity index (χ3n) is 5.39. The van der Waals surface area contributed by atoms with Crippen LogP contribution in [0.4, 0.5) is 0 Å². The Morgan fingerprint density at radius 3 is 1.90 bits per heavy atom. The maximum atomic E-state index is 12.8. The molecule has 0 aromatic rings. The predicted octanol–water partition coefficient (Wildman–Crippen LogP) is 4.95. The summed E-state index contributed by atoms with van der Waals surface area (Å²) in [5.41, 5.74) is 9.65. The molecule has 0 aromatic heterocycles. The molecule has 0 aliphatic heterocycles. The molecule has 118 valence electrons. The number of Topliss-reactive ketones (excluding diaryl/α,β-unsaturated/α-hetero) is 1. The van der Waals surface area contributed by atoms with Gasteiger partial charge in [0.1, 0.15) is 0 Å². The van der Waals surface area contributed by atoms with Crippen LogP contribution >= 0.6 is 0 Å². The summed E-state index contributed by atoms with van der Waals surface area (Å²) in [6.45, 7) is 0. The van der Waals surface area contributed by atoms with Gasteiger partial charge in [-0.1, -0.05) is 57.8 Å². The van der Waals surface area contributed by atoms with Crippen LogP contribution in [0.1, 0.15) is 89.9 Å². The third-order valence-corrected chi connectivity index (χ3v) is 5.39. The van der Waals surface area contributed by atoms with E-state index in [4.69, 9.17) is 0 Å². The molecule has 0 bridgehead atoms. The Labute approximate surface area is 129 Å². The lowest BCUT2D eigenvalue weighted by molar-refractivity contribution is -0.123. The molecule has 2 fully saturated rings. The summed E-state index contributed by atoms with van der Waals surface area (Å²) < 4.78 is 0. The van der Waals surface area contributed by atoms with Crippen LogP contribution in [0.5, 0.6) is 0 Å². The number of carbonyl (C=O) groups excluding carboxylic acids is 1. The van der Waals surface area contributed by atoms with Gasteiger partial charge in [-0.3, -0.25) is 4.79 Å². The zero-order valence-corrected chi connectivity index (χ0v) is 13.4. The van der Waals surface area contributed by atoms with Gasteiger partial charge >= 0.3 is 5.71 Å². The van der Waals surface area contributed by atoms with Crippen molar-refractivity contribution in [3.8, 4) is 0 Å². The second kappa shape index (κ2) is 9.15. The molecule has 3 nitrogen and oxygen atoms in total. The highest BCUT2D eigenvalue weighted by atomic mass is 16.1. The number of ketones is 1. The summed E-state index contributed by atoms with van der Waals surface area (Å²) in [6, 6.07) is 0. The standard InChI is InChI=1S/C18H30N2O/c19-20-17-14-10-6-5-9-13-16(18(17)21)15-11-7-3-1-2-4-8-12-15/h15-16H,1-14H2. The minimum Gasteiger partial charge on any atom is -0.361 e. The first-order valence-electron chi connectivity index (χ1n) is 9.08. The van der Waals surface area contributed by atoms with Crippen LogP contribution in [0.3, 0.4) is 0 Å². The Bertz CT molecular complexity index is 375. The Morgan fingerprint density at radius 2 is 1.29 bits per heavy atom. The fraction of sp³-hybridized carbons (Fsp3) is 0.889. The van der Waals surface area contributed by atoms with E-state index in [9.17, 15) is 10.3 Å². The van der Waals surface area contributed by atoms with Crippen molar-refractivity contribution in [1.29, 1.82) is 0 Å². The van der Waals surface area contributed by atoms with E-state index in [1.165, 1.54) is 57.8 Å². The summed E-state index contributed by atoms with van der Waals surface area (Å²) in [5.74, 6) is 0.793. The van der Waals surface area contributed by atoms with Crippen LogP contribution < -0.4 is 0 Å². The fourth-order valence-corrected chi connectivity index (χ4v) is 4.09. The highest BCUT2D eigenvalue weighted by molar-refractivity contribution is 6.38. The molecule has 0 spiro atoms. The molecule has 0 heterocycles. The average molecular weight is 290 g/mol. The van der Waals surface area contributed by atoms with Gasteiger partial charge in [0, 0.05) is 5.92 Å². The topological polar surface area (TPSA) is 53.5 Å². The molecule has 0 amide bonds. The lowest BCUT2D eigenvalue weighted by Crippen LogP contribution is -2.30. The van der Waals surface area contributed by atoms with Crippen molar-refractivity contribution < 1.29 is 9.58 Å². The Balaban J connectivity index is 2.10. The van der Waals surface area contributed by atoms with Crippen LogP contribution in [0, 0.1) is 11.8 Å². The molecule has 2 saturated carbocycles. The quantitative estimate of drug-likeness (QED) is 0.498. The first kappa shape index (κ1) is 16.4. The highest BCUT2D eigenvalue weighted by Crippen LogP contribution is 2.33. The predicted molar refractivity (Wildman–Crippen MR) is 85.3 cm³/mol. The van der Waals surface area contributed by atoms with Crippen molar-refractivity contribution >= 4 is 11.5 Å². The number of nitrogens with zero attached hydrogens (tertiary/aromatic N) is 2. The molecule has 1 unspecified atom stereocenters. The van der Waals surface area contributed by atoms with Gasteiger partial charge in [-0.25, -0.2) is 0 Å². The van der Waals surface area contributed by atoms with E-state index in [0.29, 0.717) is 18.1 Å². The first-order chi connectivity index (χ1) is 10.3. The highest BCUT2D eigenvalue weighted by Gasteiger charge is 2.34. The Hall–Kier alpha value is -0.950. The van der Waals surface area contributed by atoms with Crippen LogP contribution in [0.15, 0.2) is 0 Å². The third kappa shape index (κ3) is 5.07. The minimum absolute atomic E-state index is 0.118. The lowest BCUT2D eigenvalue weighted by atomic mass is 9.78. The van der Waals surface area contributed by atoms with Crippen molar-refractivity contribution in [3.05, 3.63) is 5.53 Å². The van der Waals surface area contributed by atoms with Gasteiger partial charge in [-0.05, 0) is 31.6 Å². The minimum atomic E-state index is 0.118. The first-order valence-corrected chi connectivity index (χ1v) is 9.08. The Morgan fingerprint density at radius 1 is 0.762 bits per heavy atom. The zero-order chi connectivity index (χ0) is 14.9.